The molecule has 1 aromatic rings. The smallest absolute Gasteiger partial charge is 0.313 e. The van der Waals surface area contributed by atoms with Gasteiger partial charge in [-0.05, 0) is 43.9 Å². The lowest BCUT2D eigenvalue weighted by molar-refractivity contribution is -0.145. The molecule has 1 atom stereocenters. The van der Waals surface area contributed by atoms with E-state index >= 15 is 0 Å². The molecule has 108 valence electrons. The van der Waals surface area contributed by atoms with Crippen LogP contribution in [0.1, 0.15) is 24.0 Å². The minimum absolute atomic E-state index is 0.235. The number of nitrogens with zero attached hydrogens (tertiary/aromatic N) is 1. The fourth-order valence-electron chi connectivity index (χ4n) is 2.35. The van der Waals surface area contributed by atoms with Gasteiger partial charge >= 0.3 is 11.8 Å². The molecule has 2 amide bonds. The van der Waals surface area contributed by atoms with Crippen LogP contribution in [0.2, 0.25) is 0 Å². The molecule has 1 fully saturated rings. The van der Waals surface area contributed by atoms with E-state index in [9.17, 15) is 14.7 Å². The van der Waals surface area contributed by atoms with Crippen molar-refractivity contribution in [3.63, 3.8) is 0 Å². The SMILES string of the molecule is Cc1cccc(NC(=O)C(=O)N2CCCC(O)C2)c1C. The van der Waals surface area contributed by atoms with Gasteiger partial charge in [-0.2, -0.15) is 0 Å². The summed E-state index contributed by atoms with van der Waals surface area (Å²) in [5.74, 6) is -1.22. The number of carbonyl (C=O) groups is 2. The standard InChI is InChI=1S/C15H20N2O3/c1-10-5-3-7-13(11(10)2)16-14(19)15(20)17-8-4-6-12(18)9-17/h3,5,7,12,18H,4,6,8-9H2,1-2H3,(H,16,19). The summed E-state index contributed by atoms with van der Waals surface area (Å²) in [6.07, 6.45) is 0.882. The molecule has 5 heteroatoms. The highest BCUT2D eigenvalue weighted by Gasteiger charge is 2.27. The molecule has 0 aromatic heterocycles. The number of benzene rings is 1. The summed E-state index contributed by atoms with van der Waals surface area (Å²) >= 11 is 0. The highest BCUT2D eigenvalue weighted by Crippen LogP contribution is 2.18. The van der Waals surface area contributed by atoms with Crippen LogP contribution in [0.5, 0.6) is 0 Å². The number of carbonyl (C=O) groups excluding carboxylic acids is 2. The number of likely N-dealkylation sites (tertiary alicyclic amines) is 1. The molecule has 2 N–H and O–H groups in total. The second-order valence-corrected chi connectivity index (χ2v) is 5.25. The summed E-state index contributed by atoms with van der Waals surface area (Å²) < 4.78 is 0. The normalized spacial score (nSPS) is 18.8. The van der Waals surface area contributed by atoms with Gasteiger partial charge in [0.25, 0.3) is 0 Å². The van der Waals surface area contributed by atoms with Gasteiger partial charge in [0.1, 0.15) is 0 Å². The number of rotatable bonds is 1. The minimum atomic E-state index is -0.646. The van der Waals surface area contributed by atoms with E-state index in [2.05, 4.69) is 5.32 Å². The van der Waals surface area contributed by atoms with E-state index in [1.54, 1.807) is 6.07 Å². The Labute approximate surface area is 118 Å². The van der Waals surface area contributed by atoms with Crippen molar-refractivity contribution in [2.45, 2.75) is 32.8 Å². The van der Waals surface area contributed by atoms with Gasteiger partial charge in [-0.25, -0.2) is 0 Å². The topological polar surface area (TPSA) is 69.6 Å². The van der Waals surface area contributed by atoms with Crippen LogP contribution in [-0.4, -0.2) is 41.0 Å². The van der Waals surface area contributed by atoms with Gasteiger partial charge in [0.15, 0.2) is 0 Å². The van der Waals surface area contributed by atoms with Crippen LogP contribution in [0, 0.1) is 13.8 Å². The van der Waals surface area contributed by atoms with Crippen molar-refractivity contribution in [2.75, 3.05) is 18.4 Å². The zero-order chi connectivity index (χ0) is 14.7. The molecular weight excluding hydrogens is 256 g/mol. The van der Waals surface area contributed by atoms with E-state index in [1.165, 1.54) is 4.90 Å². The average Bonchev–Trinajstić information content (AvgIpc) is 2.43. The van der Waals surface area contributed by atoms with Crippen molar-refractivity contribution in [2.24, 2.45) is 0 Å². The van der Waals surface area contributed by atoms with Crippen molar-refractivity contribution in [1.82, 2.24) is 4.90 Å². The molecule has 1 aliphatic rings. The summed E-state index contributed by atoms with van der Waals surface area (Å²) in [6, 6.07) is 5.57. The molecule has 1 aromatic carbocycles. The number of aryl methyl sites for hydroxylation is 1. The molecule has 1 saturated heterocycles. The Morgan fingerprint density at radius 1 is 1.35 bits per heavy atom. The van der Waals surface area contributed by atoms with Gasteiger partial charge in [-0.1, -0.05) is 12.1 Å². The summed E-state index contributed by atoms with van der Waals surface area (Å²) in [7, 11) is 0. The molecule has 20 heavy (non-hydrogen) atoms. The van der Waals surface area contributed by atoms with Gasteiger partial charge in [0.2, 0.25) is 0 Å². The molecule has 1 aliphatic heterocycles. The van der Waals surface area contributed by atoms with Gasteiger partial charge in [0, 0.05) is 18.8 Å². The molecule has 0 spiro atoms. The Kier molecular flexibility index (Phi) is 4.39. The lowest BCUT2D eigenvalue weighted by Gasteiger charge is -2.29. The van der Waals surface area contributed by atoms with Gasteiger partial charge in [0.05, 0.1) is 6.10 Å². The first kappa shape index (κ1) is 14.5. The first-order valence-corrected chi connectivity index (χ1v) is 6.83. The van der Waals surface area contributed by atoms with E-state index in [0.29, 0.717) is 18.7 Å². The van der Waals surface area contributed by atoms with Crippen LogP contribution in [0.3, 0.4) is 0 Å². The molecule has 0 bridgehead atoms. The second kappa shape index (κ2) is 6.05. The van der Waals surface area contributed by atoms with Crippen molar-refractivity contribution in [3.05, 3.63) is 29.3 Å². The van der Waals surface area contributed by atoms with Crippen molar-refractivity contribution < 1.29 is 14.7 Å². The third kappa shape index (κ3) is 3.17. The van der Waals surface area contributed by atoms with Gasteiger partial charge in [-0.15, -0.1) is 0 Å². The number of piperidine rings is 1. The Morgan fingerprint density at radius 3 is 2.80 bits per heavy atom. The minimum Gasteiger partial charge on any atom is -0.391 e. The van der Waals surface area contributed by atoms with Crippen LogP contribution < -0.4 is 5.32 Å². The molecule has 0 aliphatic carbocycles. The Balaban J connectivity index is 2.04. The quantitative estimate of drug-likeness (QED) is 0.758. The summed E-state index contributed by atoms with van der Waals surface area (Å²) in [6.45, 7) is 4.61. The second-order valence-electron chi connectivity index (χ2n) is 5.25. The van der Waals surface area contributed by atoms with Crippen molar-refractivity contribution >= 4 is 17.5 Å². The Bertz CT molecular complexity index is 528. The zero-order valence-electron chi connectivity index (χ0n) is 11.8. The number of amides is 2. The van der Waals surface area contributed by atoms with Crippen molar-refractivity contribution in [3.8, 4) is 0 Å². The molecule has 0 radical (unpaired) electrons. The highest BCUT2D eigenvalue weighted by atomic mass is 16.3. The third-order valence-electron chi connectivity index (χ3n) is 3.73. The lowest BCUT2D eigenvalue weighted by Crippen LogP contribution is -2.46. The van der Waals surface area contributed by atoms with E-state index in [-0.39, 0.29) is 6.54 Å². The summed E-state index contributed by atoms with van der Waals surface area (Å²) in [5.41, 5.74) is 2.66. The fraction of sp³-hybridized carbons (Fsp3) is 0.467. The van der Waals surface area contributed by atoms with Crippen LogP contribution in [0.15, 0.2) is 18.2 Å². The molecule has 5 nitrogen and oxygen atoms in total. The molecule has 1 unspecified atom stereocenters. The van der Waals surface area contributed by atoms with E-state index in [1.807, 2.05) is 26.0 Å². The van der Waals surface area contributed by atoms with Gasteiger partial charge < -0.3 is 15.3 Å². The number of β-amino-alcohol motifs (C(OH)–C–C–N with tert-alkyl or cyclic N) is 1. The fourth-order valence-corrected chi connectivity index (χ4v) is 2.35. The van der Waals surface area contributed by atoms with Gasteiger partial charge in [-0.3, -0.25) is 9.59 Å². The van der Waals surface area contributed by atoms with Crippen LogP contribution in [0.25, 0.3) is 0 Å². The van der Waals surface area contributed by atoms with Crippen LogP contribution in [0.4, 0.5) is 5.69 Å². The highest BCUT2D eigenvalue weighted by molar-refractivity contribution is 6.39. The van der Waals surface area contributed by atoms with E-state index in [0.717, 1.165) is 17.5 Å². The number of hydrogen-bond acceptors (Lipinski definition) is 3. The predicted octanol–water partition coefficient (Wildman–Crippen LogP) is 1.23. The number of hydrogen-bond donors (Lipinski definition) is 2. The number of aliphatic hydroxyl groups is 1. The summed E-state index contributed by atoms with van der Waals surface area (Å²) in [5, 5.41) is 12.2. The molecule has 1 heterocycles. The summed E-state index contributed by atoms with van der Waals surface area (Å²) in [4.78, 5) is 25.5. The molecule has 0 saturated carbocycles. The number of anilines is 1. The maximum atomic E-state index is 12.0. The van der Waals surface area contributed by atoms with E-state index < -0.39 is 17.9 Å². The Hall–Kier alpha value is -1.88. The number of aliphatic hydroxyl groups excluding tert-OH is 1. The van der Waals surface area contributed by atoms with Crippen LogP contribution in [-0.2, 0) is 9.59 Å². The third-order valence-corrected chi connectivity index (χ3v) is 3.73. The first-order valence-electron chi connectivity index (χ1n) is 6.83. The largest absolute Gasteiger partial charge is 0.391 e. The zero-order valence-corrected chi connectivity index (χ0v) is 11.8. The predicted molar refractivity (Wildman–Crippen MR) is 76.4 cm³/mol. The number of nitrogens with one attached hydrogen (secondary N) is 1. The lowest BCUT2D eigenvalue weighted by atomic mass is 10.1. The molecule has 2 rings (SSSR count). The monoisotopic (exact) mass is 276 g/mol. The van der Waals surface area contributed by atoms with Crippen molar-refractivity contribution in [1.29, 1.82) is 0 Å². The maximum absolute atomic E-state index is 12.0. The Morgan fingerprint density at radius 2 is 2.10 bits per heavy atom. The first-order chi connectivity index (χ1) is 9.49. The maximum Gasteiger partial charge on any atom is 0.313 e. The van der Waals surface area contributed by atoms with Crippen LogP contribution >= 0.6 is 0 Å². The molecular formula is C15H20N2O3. The average molecular weight is 276 g/mol. The van der Waals surface area contributed by atoms with E-state index in [4.69, 9.17) is 0 Å².